The molecule has 126 valence electrons. The van der Waals surface area contributed by atoms with Crippen molar-refractivity contribution in [2.75, 3.05) is 7.05 Å². The van der Waals surface area contributed by atoms with Crippen molar-refractivity contribution in [2.24, 2.45) is 0 Å². The predicted molar refractivity (Wildman–Crippen MR) is 93.2 cm³/mol. The van der Waals surface area contributed by atoms with E-state index in [0.717, 1.165) is 5.56 Å². The summed E-state index contributed by atoms with van der Waals surface area (Å²) in [5.74, 6) is 0.0781. The molecule has 0 bridgehead atoms. The summed E-state index contributed by atoms with van der Waals surface area (Å²) in [4.78, 5) is 23.6. The molecule has 5 nitrogen and oxygen atoms in total. The zero-order valence-electron chi connectivity index (χ0n) is 13.5. The van der Waals surface area contributed by atoms with E-state index in [1.54, 1.807) is 62.5 Å². The van der Waals surface area contributed by atoms with E-state index in [4.69, 9.17) is 16.3 Å². The van der Waals surface area contributed by atoms with E-state index < -0.39 is 6.10 Å². The molecule has 0 aliphatic rings. The van der Waals surface area contributed by atoms with Crippen LogP contribution in [0.4, 0.5) is 0 Å². The lowest BCUT2D eigenvalue weighted by atomic mass is 10.1. The normalized spacial score (nSPS) is 11.5. The van der Waals surface area contributed by atoms with Crippen LogP contribution in [0, 0.1) is 0 Å². The number of ether oxygens (including phenoxy) is 1. The van der Waals surface area contributed by atoms with Gasteiger partial charge in [0.2, 0.25) is 0 Å². The minimum absolute atomic E-state index is 0.146. The molecule has 1 atom stereocenters. The van der Waals surface area contributed by atoms with Crippen LogP contribution in [-0.4, -0.2) is 25.0 Å². The van der Waals surface area contributed by atoms with Crippen molar-refractivity contribution >= 4 is 23.4 Å². The summed E-state index contributed by atoms with van der Waals surface area (Å²) in [6, 6.07) is 14.0. The lowest BCUT2D eigenvalue weighted by Gasteiger charge is -2.15. The summed E-state index contributed by atoms with van der Waals surface area (Å²) in [6.07, 6.45) is -0.671. The Kier molecular flexibility index (Phi) is 6.21. The van der Waals surface area contributed by atoms with Crippen LogP contribution in [0.5, 0.6) is 5.75 Å². The molecular weight excluding hydrogens is 328 g/mol. The molecule has 6 heteroatoms. The maximum atomic E-state index is 12.1. The molecule has 2 rings (SSSR count). The minimum atomic E-state index is -0.671. The van der Waals surface area contributed by atoms with Gasteiger partial charge in [-0.05, 0) is 36.8 Å². The van der Waals surface area contributed by atoms with Gasteiger partial charge in [0, 0.05) is 19.2 Å². The fourth-order valence-corrected chi connectivity index (χ4v) is 2.22. The first kappa shape index (κ1) is 17.8. The van der Waals surface area contributed by atoms with E-state index in [-0.39, 0.29) is 11.8 Å². The van der Waals surface area contributed by atoms with Gasteiger partial charge in [0.1, 0.15) is 5.75 Å². The maximum Gasteiger partial charge on any atom is 0.261 e. The largest absolute Gasteiger partial charge is 0.479 e. The van der Waals surface area contributed by atoms with Crippen LogP contribution in [0.3, 0.4) is 0 Å². The van der Waals surface area contributed by atoms with Crippen LogP contribution in [-0.2, 0) is 11.3 Å². The number of nitrogens with one attached hydrogen (secondary N) is 2. The van der Waals surface area contributed by atoms with Crippen LogP contribution in [0.25, 0.3) is 0 Å². The van der Waals surface area contributed by atoms with Crippen LogP contribution in [0.15, 0.2) is 48.5 Å². The molecule has 0 fully saturated rings. The van der Waals surface area contributed by atoms with Gasteiger partial charge in [-0.3, -0.25) is 9.59 Å². The van der Waals surface area contributed by atoms with Crippen molar-refractivity contribution in [3.8, 4) is 5.75 Å². The molecule has 2 aromatic carbocycles. The number of hydrogen-bond acceptors (Lipinski definition) is 3. The molecule has 0 aliphatic heterocycles. The first-order valence-corrected chi connectivity index (χ1v) is 7.89. The Bertz CT molecular complexity index is 716. The highest BCUT2D eigenvalue weighted by atomic mass is 35.5. The molecule has 0 aliphatic carbocycles. The summed E-state index contributed by atoms with van der Waals surface area (Å²) in [5, 5.41) is 5.81. The second-order valence-electron chi connectivity index (χ2n) is 5.18. The third kappa shape index (κ3) is 4.73. The number of carbonyl (C=O) groups excluding carboxylic acids is 2. The zero-order chi connectivity index (χ0) is 17.5. The first-order chi connectivity index (χ1) is 11.5. The molecule has 1 unspecified atom stereocenters. The molecule has 0 saturated heterocycles. The molecule has 0 radical (unpaired) electrons. The van der Waals surface area contributed by atoms with Crippen LogP contribution in [0.2, 0.25) is 5.02 Å². The van der Waals surface area contributed by atoms with Crippen molar-refractivity contribution in [3.63, 3.8) is 0 Å². The van der Waals surface area contributed by atoms with Crippen molar-refractivity contribution < 1.29 is 14.3 Å². The minimum Gasteiger partial charge on any atom is -0.479 e. The third-order valence-corrected chi connectivity index (χ3v) is 3.73. The van der Waals surface area contributed by atoms with E-state index in [9.17, 15) is 9.59 Å². The summed E-state index contributed by atoms with van der Waals surface area (Å²) in [7, 11) is 1.58. The van der Waals surface area contributed by atoms with Gasteiger partial charge in [-0.15, -0.1) is 0 Å². The van der Waals surface area contributed by atoms with Gasteiger partial charge >= 0.3 is 0 Å². The topological polar surface area (TPSA) is 67.4 Å². The Labute approximate surface area is 146 Å². The number of amides is 2. The van der Waals surface area contributed by atoms with Crippen molar-refractivity contribution in [3.05, 3.63) is 64.7 Å². The van der Waals surface area contributed by atoms with Gasteiger partial charge in [-0.25, -0.2) is 0 Å². The Morgan fingerprint density at radius 3 is 2.42 bits per heavy atom. The zero-order valence-corrected chi connectivity index (χ0v) is 14.3. The van der Waals surface area contributed by atoms with E-state index in [2.05, 4.69) is 10.6 Å². The Morgan fingerprint density at radius 1 is 1.12 bits per heavy atom. The van der Waals surface area contributed by atoms with E-state index in [0.29, 0.717) is 22.9 Å². The fourth-order valence-electron chi connectivity index (χ4n) is 2.04. The second kappa shape index (κ2) is 8.36. The number of carbonyl (C=O) groups is 2. The average Bonchev–Trinajstić information content (AvgIpc) is 2.61. The Balaban J connectivity index is 1.88. The first-order valence-electron chi connectivity index (χ1n) is 7.51. The summed E-state index contributed by atoms with van der Waals surface area (Å²) in [6.45, 7) is 2.01. The molecule has 0 heterocycles. The summed E-state index contributed by atoms with van der Waals surface area (Å²) >= 11 is 6.01. The van der Waals surface area contributed by atoms with Crippen LogP contribution >= 0.6 is 11.6 Å². The number of halogens is 1. The molecule has 0 saturated carbocycles. The lowest BCUT2D eigenvalue weighted by Crippen LogP contribution is -2.35. The Morgan fingerprint density at radius 2 is 1.79 bits per heavy atom. The van der Waals surface area contributed by atoms with Crippen molar-refractivity contribution in [1.82, 2.24) is 10.6 Å². The monoisotopic (exact) mass is 346 g/mol. The third-order valence-electron chi connectivity index (χ3n) is 3.42. The number of para-hydroxylation sites is 1. The highest BCUT2D eigenvalue weighted by Crippen LogP contribution is 2.24. The molecule has 2 N–H and O–H groups in total. The standard InChI is InChI=1S/C18H19ClN2O3/c1-12(24-16-6-4-3-5-15(16)19)17(22)21-11-13-7-9-14(10-8-13)18(23)20-2/h3-10,12H,11H2,1-2H3,(H,20,23)(H,21,22). The van der Waals surface area contributed by atoms with Crippen LogP contribution in [0.1, 0.15) is 22.8 Å². The van der Waals surface area contributed by atoms with E-state index >= 15 is 0 Å². The lowest BCUT2D eigenvalue weighted by molar-refractivity contribution is -0.127. The van der Waals surface area contributed by atoms with Crippen molar-refractivity contribution in [2.45, 2.75) is 19.6 Å². The summed E-state index contributed by atoms with van der Waals surface area (Å²) in [5.41, 5.74) is 1.46. The molecule has 2 aromatic rings. The number of hydrogen-bond donors (Lipinski definition) is 2. The number of benzene rings is 2. The fraction of sp³-hybridized carbons (Fsp3) is 0.222. The van der Waals surface area contributed by atoms with Gasteiger partial charge in [-0.1, -0.05) is 35.9 Å². The maximum absolute atomic E-state index is 12.1. The number of rotatable bonds is 6. The van der Waals surface area contributed by atoms with E-state index in [1.165, 1.54) is 0 Å². The molecule has 0 spiro atoms. The predicted octanol–water partition coefficient (Wildman–Crippen LogP) is 2.78. The van der Waals surface area contributed by atoms with Gasteiger partial charge in [-0.2, -0.15) is 0 Å². The highest BCUT2D eigenvalue weighted by Gasteiger charge is 2.15. The van der Waals surface area contributed by atoms with Gasteiger partial charge < -0.3 is 15.4 Å². The SMILES string of the molecule is CNC(=O)c1ccc(CNC(=O)C(C)Oc2ccccc2Cl)cc1. The highest BCUT2D eigenvalue weighted by molar-refractivity contribution is 6.32. The van der Waals surface area contributed by atoms with E-state index in [1.807, 2.05) is 0 Å². The average molecular weight is 347 g/mol. The quantitative estimate of drug-likeness (QED) is 0.845. The second-order valence-corrected chi connectivity index (χ2v) is 5.59. The molecule has 2 amide bonds. The molecule has 24 heavy (non-hydrogen) atoms. The van der Waals surface area contributed by atoms with Gasteiger partial charge in [0.15, 0.2) is 6.10 Å². The van der Waals surface area contributed by atoms with Crippen molar-refractivity contribution in [1.29, 1.82) is 0 Å². The molecular formula is C18H19ClN2O3. The summed E-state index contributed by atoms with van der Waals surface area (Å²) < 4.78 is 5.56. The molecule has 0 aromatic heterocycles. The van der Waals surface area contributed by atoms with Crippen LogP contribution < -0.4 is 15.4 Å². The van der Waals surface area contributed by atoms with Gasteiger partial charge in [0.05, 0.1) is 5.02 Å². The van der Waals surface area contributed by atoms with Gasteiger partial charge in [0.25, 0.3) is 11.8 Å². The smallest absolute Gasteiger partial charge is 0.261 e. The Hall–Kier alpha value is -2.53.